The van der Waals surface area contributed by atoms with E-state index in [1.807, 2.05) is 12.3 Å². The Hall–Kier alpha value is -2.15. The van der Waals surface area contributed by atoms with Crippen molar-refractivity contribution in [1.82, 2.24) is 4.98 Å². The third-order valence-electron chi connectivity index (χ3n) is 3.60. The molecule has 22 heavy (non-hydrogen) atoms. The number of anilines is 1. The molecule has 0 atom stereocenters. The average molecular weight is 326 g/mol. The lowest BCUT2D eigenvalue weighted by Gasteiger charge is -2.09. The molecule has 0 spiro atoms. The maximum atomic E-state index is 9.43. The van der Waals surface area contributed by atoms with Crippen LogP contribution in [-0.4, -0.2) is 4.98 Å². The molecule has 1 aliphatic rings. The molecule has 3 rings (SSSR count). The highest BCUT2D eigenvalue weighted by Gasteiger charge is 2.20. The third-order valence-corrected chi connectivity index (χ3v) is 5.82. The van der Waals surface area contributed by atoms with Gasteiger partial charge in [-0.2, -0.15) is 10.5 Å². The van der Waals surface area contributed by atoms with E-state index in [4.69, 9.17) is 0 Å². The number of hydrogen-bond donors (Lipinski definition) is 1. The fourth-order valence-electron chi connectivity index (χ4n) is 2.54. The molecule has 0 unspecified atom stereocenters. The summed E-state index contributed by atoms with van der Waals surface area (Å²) in [6.07, 6.45) is 6.04. The molecule has 1 N–H and O–H groups in total. The second-order valence-corrected chi connectivity index (χ2v) is 7.10. The minimum atomic E-state index is 0.494. The Morgan fingerprint density at radius 3 is 2.86 bits per heavy atom. The fraction of sp³-hybridized carbons (Fsp3) is 0.312. The van der Waals surface area contributed by atoms with Crippen molar-refractivity contribution in [3.63, 3.8) is 0 Å². The fourth-order valence-corrected chi connectivity index (χ4v) is 4.52. The van der Waals surface area contributed by atoms with Crippen molar-refractivity contribution in [2.75, 3.05) is 5.32 Å². The van der Waals surface area contributed by atoms with Gasteiger partial charge in [0.25, 0.3) is 0 Å². The van der Waals surface area contributed by atoms with Gasteiger partial charge in [0.05, 0.1) is 5.56 Å². The minimum Gasteiger partial charge on any atom is -0.351 e. The van der Waals surface area contributed by atoms with E-state index in [0.717, 1.165) is 35.5 Å². The number of thiophene rings is 1. The van der Waals surface area contributed by atoms with Gasteiger partial charge in [-0.1, -0.05) is 0 Å². The predicted molar refractivity (Wildman–Crippen MR) is 89.7 cm³/mol. The smallest absolute Gasteiger partial charge is 0.135 e. The van der Waals surface area contributed by atoms with Crippen molar-refractivity contribution in [3.8, 4) is 12.1 Å². The average Bonchev–Trinajstić information content (AvgIpc) is 3.11. The van der Waals surface area contributed by atoms with Crippen molar-refractivity contribution in [1.29, 1.82) is 10.5 Å². The van der Waals surface area contributed by atoms with E-state index in [0.29, 0.717) is 10.6 Å². The van der Waals surface area contributed by atoms with Crippen LogP contribution in [0.5, 0.6) is 0 Å². The first-order valence-electron chi connectivity index (χ1n) is 7.07. The van der Waals surface area contributed by atoms with E-state index in [1.165, 1.54) is 28.2 Å². The van der Waals surface area contributed by atoms with Gasteiger partial charge < -0.3 is 5.32 Å². The number of fused-ring (bicyclic) bond motifs is 1. The van der Waals surface area contributed by atoms with Crippen molar-refractivity contribution in [3.05, 3.63) is 38.3 Å². The molecule has 6 heteroatoms. The van der Waals surface area contributed by atoms with E-state index < -0.39 is 0 Å². The Kier molecular flexibility index (Phi) is 4.24. The first-order valence-corrected chi connectivity index (χ1v) is 8.76. The van der Waals surface area contributed by atoms with Gasteiger partial charge in [0, 0.05) is 22.2 Å². The molecule has 1 aliphatic carbocycles. The molecule has 0 fully saturated rings. The Labute approximate surface area is 137 Å². The number of nitrogens with zero attached hydrogens (tertiary/aromatic N) is 3. The lowest BCUT2D eigenvalue weighted by Crippen LogP contribution is -1.99. The normalized spacial score (nSPS) is 14.0. The Morgan fingerprint density at radius 2 is 2.18 bits per heavy atom. The first-order chi connectivity index (χ1) is 10.7. The molecule has 2 aromatic heterocycles. The molecule has 0 bridgehead atoms. The third kappa shape index (κ3) is 2.76. The van der Waals surface area contributed by atoms with Crippen LogP contribution in [0.25, 0.3) is 5.57 Å². The molecule has 2 aromatic rings. The van der Waals surface area contributed by atoms with Crippen LogP contribution in [0.3, 0.4) is 0 Å². The van der Waals surface area contributed by atoms with Crippen LogP contribution < -0.4 is 5.32 Å². The summed E-state index contributed by atoms with van der Waals surface area (Å²) in [6, 6.07) is 4.48. The highest BCUT2D eigenvalue weighted by Crippen LogP contribution is 2.37. The largest absolute Gasteiger partial charge is 0.351 e. The number of rotatable bonds is 3. The zero-order valence-corrected chi connectivity index (χ0v) is 13.8. The number of allylic oxidation sites excluding steroid dienone is 1. The summed E-state index contributed by atoms with van der Waals surface area (Å²) in [5.74, 6) is 0. The van der Waals surface area contributed by atoms with E-state index in [-0.39, 0.29) is 0 Å². The Balaban J connectivity index is 1.90. The van der Waals surface area contributed by atoms with Crippen LogP contribution in [0.1, 0.15) is 39.5 Å². The highest BCUT2D eigenvalue weighted by molar-refractivity contribution is 7.16. The van der Waals surface area contributed by atoms with Gasteiger partial charge in [-0.25, -0.2) is 4.98 Å². The molecule has 0 aromatic carbocycles. The molecule has 2 heterocycles. The van der Waals surface area contributed by atoms with Gasteiger partial charge in [0.15, 0.2) is 0 Å². The lowest BCUT2D eigenvalue weighted by atomic mass is 9.96. The second kappa shape index (κ2) is 6.31. The van der Waals surface area contributed by atoms with Gasteiger partial charge in [0.1, 0.15) is 27.7 Å². The van der Waals surface area contributed by atoms with Gasteiger partial charge in [-0.15, -0.1) is 22.7 Å². The molecular formula is C16H14N4S2. The summed E-state index contributed by atoms with van der Waals surface area (Å²) in [5, 5.41) is 25.4. The van der Waals surface area contributed by atoms with Gasteiger partial charge in [-0.05, 0) is 38.2 Å². The quantitative estimate of drug-likeness (QED) is 0.856. The maximum Gasteiger partial charge on any atom is 0.135 e. The summed E-state index contributed by atoms with van der Waals surface area (Å²) in [5.41, 5.74) is 3.33. The van der Waals surface area contributed by atoms with Crippen LogP contribution in [0, 0.1) is 29.6 Å². The predicted octanol–water partition coefficient (Wildman–Crippen LogP) is 4.24. The van der Waals surface area contributed by atoms with Crippen molar-refractivity contribution in [2.45, 2.75) is 32.6 Å². The van der Waals surface area contributed by atoms with Crippen molar-refractivity contribution in [2.24, 2.45) is 0 Å². The molecule has 0 radical (unpaired) electrons. The van der Waals surface area contributed by atoms with Crippen LogP contribution in [-0.2, 0) is 12.8 Å². The van der Waals surface area contributed by atoms with Gasteiger partial charge in [-0.3, -0.25) is 0 Å². The zero-order chi connectivity index (χ0) is 15.5. The lowest BCUT2D eigenvalue weighted by molar-refractivity contribution is 0.696. The molecule has 110 valence electrons. The molecular weight excluding hydrogens is 312 g/mol. The molecule has 0 aliphatic heterocycles. The first kappa shape index (κ1) is 14.8. The molecule has 0 saturated heterocycles. The van der Waals surface area contributed by atoms with E-state index in [2.05, 4.69) is 22.4 Å². The van der Waals surface area contributed by atoms with E-state index >= 15 is 0 Å². The van der Waals surface area contributed by atoms with Crippen molar-refractivity contribution < 1.29 is 0 Å². The molecule has 0 saturated carbocycles. The number of nitrogens with one attached hydrogen (secondary N) is 1. The number of aryl methyl sites for hydroxylation is 2. The summed E-state index contributed by atoms with van der Waals surface area (Å²) in [4.78, 5) is 5.64. The number of hydrogen-bond acceptors (Lipinski definition) is 6. The molecule has 4 nitrogen and oxygen atoms in total. The second-order valence-electron chi connectivity index (χ2n) is 5.14. The van der Waals surface area contributed by atoms with Gasteiger partial charge in [0.2, 0.25) is 0 Å². The minimum absolute atomic E-state index is 0.494. The Morgan fingerprint density at radius 1 is 1.36 bits per heavy atom. The topological polar surface area (TPSA) is 72.5 Å². The SMILES string of the molecule is Cc1csc(/C(C#N)=C/Nc2sc3c(c2C#N)CCCC3)n1. The number of aromatic nitrogens is 1. The van der Waals surface area contributed by atoms with E-state index in [9.17, 15) is 10.5 Å². The van der Waals surface area contributed by atoms with Crippen LogP contribution in [0.4, 0.5) is 5.00 Å². The highest BCUT2D eigenvalue weighted by atomic mass is 32.1. The summed E-state index contributed by atoms with van der Waals surface area (Å²) in [7, 11) is 0. The molecule has 0 amide bonds. The van der Waals surface area contributed by atoms with Crippen molar-refractivity contribution >= 4 is 33.2 Å². The summed E-state index contributed by atoms with van der Waals surface area (Å²) in [6.45, 7) is 1.91. The van der Waals surface area contributed by atoms with E-state index in [1.54, 1.807) is 17.5 Å². The number of thiazole rings is 1. The summed E-state index contributed by atoms with van der Waals surface area (Å²) < 4.78 is 0. The monoisotopic (exact) mass is 326 g/mol. The zero-order valence-electron chi connectivity index (χ0n) is 12.1. The standard InChI is InChI=1S/C16H14N4S2/c1-10-9-21-15(20-10)11(6-17)8-19-16-13(7-18)12-4-2-3-5-14(12)22-16/h8-9,19H,2-5H2,1H3/b11-8+. The summed E-state index contributed by atoms with van der Waals surface area (Å²) >= 11 is 3.09. The van der Waals surface area contributed by atoms with Crippen LogP contribution in [0.2, 0.25) is 0 Å². The number of nitriles is 2. The van der Waals surface area contributed by atoms with Crippen LogP contribution >= 0.6 is 22.7 Å². The Bertz CT molecular complexity index is 814. The maximum absolute atomic E-state index is 9.43. The van der Waals surface area contributed by atoms with Gasteiger partial charge >= 0.3 is 0 Å². The van der Waals surface area contributed by atoms with Crippen LogP contribution in [0.15, 0.2) is 11.6 Å².